The zero-order chi connectivity index (χ0) is 13.0. The van der Waals surface area contributed by atoms with Gasteiger partial charge in [0.05, 0.1) is 11.1 Å². The van der Waals surface area contributed by atoms with Crippen molar-refractivity contribution >= 4 is 27.5 Å². The number of pyridine rings is 1. The zero-order valence-electron chi connectivity index (χ0n) is 10.0. The first-order chi connectivity index (χ1) is 8.70. The smallest absolute Gasteiger partial charge is 0.144 e. The summed E-state index contributed by atoms with van der Waals surface area (Å²) in [7, 11) is -0.848. The first-order valence-electron chi connectivity index (χ1n) is 5.54. The fourth-order valence-corrected chi connectivity index (χ4v) is 2.04. The molecule has 0 aliphatic heterocycles. The monoisotopic (exact) mass is 259 g/mol. The van der Waals surface area contributed by atoms with Crippen LogP contribution in [0.4, 0.5) is 5.82 Å². The number of hydrogen-bond acceptors (Lipinski definition) is 4. The van der Waals surface area contributed by atoms with Crippen molar-refractivity contribution in [3.63, 3.8) is 0 Å². The van der Waals surface area contributed by atoms with Gasteiger partial charge in [0.2, 0.25) is 0 Å². The molecular formula is C13H13N3OS. The Hall–Kier alpha value is -1.93. The SMILES string of the molecule is CS(=O)CCNc1nc2ccccc2cc1C#N. The Bertz CT molecular complexity index is 634. The van der Waals surface area contributed by atoms with Gasteiger partial charge in [0, 0.05) is 34.7 Å². The number of nitrogens with zero attached hydrogens (tertiary/aromatic N) is 2. The molecule has 1 aromatic carbocycles. The summed E-state index contributed by atoms with van der Waals surface area (Å²) in [4.78, 5) is 4.41. The van der Waals surface area contributed by atoms with E-state index in [1.165, 1.54) is 0 Å². The Kier molecular flexibility index (Phi) is 3.90. The zero-order valence-corrected chi connectivity index (χ0v) is 10.8. The van der Waals surface area contributed by atoms with Crippen molar-refractivity contribution < 1.29 is 4.21 Å². The lowest BCUT2D eigenvalue weighted by atomic mass is 10.1. The second-order valence-corrected chi connectivity index (χ2v) is 5.45. The standard InChI is InChI=1S/C13H13N3OS/c1-18(17)7-6-15-13-11(9-14)8-10-4-2-3-5-12(10)16-13/h2-5,8H,6-7H2,1H3,(H,15,16). The van der Waals surface area contributed by atoms with Crippen LogP contribution in [0.1, 0.15) is 5.56 Å². The number of para-hydroxylation sites is 1. The molecule has 1 aromatic heterocycles. The van der Waals surface area contributed by atoms with Crippen molar-refractivity contribution in [1.82, 2.24) is 4.98 Å². The molecule has 0 saturated carbocycles. The third-order valence-electron chi connectivity index (χ3n) is 2.53. The van der Waals surface area contributed by atoms with Gasteiger partial charge in [-0.05, 0) is 12.1 Å². The number of rotatable bonds is 4. The summed E-state index contributed by atoms with van der Waals surface area (Å²) in [6.07, 6.45) is 1.65. The van der Waals surface area contributed by atoms with Gasteiger partial charge in [0.25, 0.3) is 0 Å². The molecule has 5 heteroatoms. The van der Waals surface area contributed by atoms with E-state index < -0.39 is 10.8 Å². The molecule has 1 unspecified atom stereocenters. The average Bonchev–Trinajstić information content (AvgIpc) is 2.37. The van der Waals surface area contributed by atoms with Gasteiger partial charge in [0.15, 0.2) is 0 Å². The molecule has 1 N–H and O–H groups in total. The molecule has 0 aliphatic carbocycles. The lowest BCUT2D eigenvalue weighted by Gasteiger charge is -2.07. The Morgan fingerprint density at radius 3 is 2.94 bits per heavy atom. The highest BCUT2D eigenvalue weighted by molar-refractivity contribution is 7.84. The molecule has 2 aromatic rings. The summed E-state index contributed by atoms with van der Waals surface area (Å²) in [5.41, 5.74) is 1.35. The van der Waals surface area contributed by atoms with Gasteiger partial charge in [-0.1, -0.05) is 18.2 Å². The molecule has 4 nitrogen and oxygen atoms in total. The van der Waals surface area contributed by atoms with Crippen molar-refractivity contribution in [3.05, 3.63) is 35.9 Å². The van der Waals surface area contributed by atoms with Gasteiger partial charge in [-0.15, -0.1) is 0 Å². The van der Waals surface area contributed by atoms with Gasteiger partial charge < -0.3 is 5.32 Å². The van der Waals surface area contributed by atoms with Crippen LogP contribution >= 0.6 is 0 Å². The van der Waals surface area contributed by atoms with E-state index in [0.717, 1.165) is 10.9 Å². The van der Waals surface area contributed by atoms with Crippen molar-refractivity contribution in [2.45, 2.75) is 0 Å². The van der Waals surface area contributed by atoms with E-state index in [2.05, 4.69) is 16.4 Å². The molecule has 0 spiro atoms. The summed E-state index contributed by atoms with van der Waals surface area (Å²) in [6.45, 7) is 0.545. The van der Waals surface area contributed by atoms with Gasteiger partial charge in [0.1, 0.15) is 11.9 Å². The average molecular weight is 259 g/mol. The van der Waals surface area contributed by atoms with Crippen LogP contribution in [0, 0.1) is 11.3 Å². The normalized spacial score (nSPS) is 12.0. The second-order valence-electron chi connectivity index (χ2n) is 3.89. The Labute approximate surface area is 108 Å². The second kappa shape index (κ2) is 5.61. The van der Waals surface area contributed by atoms with Crippen molar-refractivity contribution in [3.8, 4) is 6.07 Å². The third kappa shape index (κ3) is 2.84. The molecule has 92 valence electrons. The minimum absolute atomic E-state index is 0.510. The van der Waals surface area contributed by atoms with Crippen LogP contribution in [-0.4, -0.2) is 27.7 Å². The minimum Gasteiger partial charge on any atom is -0.368 e. The first kappa shape index (κ1) is 12.5. The van der Waals surface area contributed by atoms with Crippen LogP contribution < -0.4 is 5.32 Å². The predicted octanol–water partition coefficient (Wildman–Crippen LogP) is 1.90. The number of nitriles is 1. The molecule has 0 radical (unpaired) electrons. The third-order valence-corrected chi connectivity index (χ3v) is 3.31. The highest BCUT2D eigenvalue weighted by atomic mass is 32.2. The molecule has 0 bridgehead atoms. The topological polar surface area (TPSA) is 65.8 Å². The summed E-state index contributed by atoms with van der Waals surface area (Å²) in [6, 6.07) is 11.6. The highest BCUT2D eigenvalue weighted by Crippen LogP contribution is 2.19. The summed E-state index contributed by atoms with van der Waals surface area (Å²) < 4.78 is 11.0. The number of hydrogen-bond donors (Lipinski definition) is 1. The van der Waals surface area contributed by atoms with E-state index in [1.54, 1.807) is 6.26 Å². The van der Waals surface area contributed by atoms with Crippen molar-refractivity contribution in [2.75, 3.05) is 23.9 Å². The highest BCUT2D eigenvalue weighted by Gasteiger charge is 2.05. The maximum Gasteiger partial charge on any atom is 0.144 e. The molecule has 18 heavy (non-hydrogen) atoms. The molecule has 0 aliphatic rings. The van der Waals surface area contributed by atoms with E-state index in [9.17, 15) is 4.21 Å². The Morgan fingerprint density at radius 1 is 1.44 bits per heavy atom. The predicted molar refractivity (Wildman–Crippen MR) is 73.9 cm³/mol. The molecular weight excluding hydrogens is 246 g/mol. The Morgan fingerprint density at radius 2 is 2.22 bits per heavy atom. The lowest BCUT2D eigenvalue weighted by molar-refractivity contribution is 0.687. The van der Waals surface area contributed by atoms with Gasteiger partial charge in [-0.3, -0.25) is 4.21 Å². The number of benzene rings is 1. The summed E-state index contributed by atoms with van der Waals surface area (Å²) in [5, 5.41) is 13.1. The summed E-state index contributed by atoms with van der Waals surface area (Å²) >= 11 is 0. The van der Waals surface area contributed by atoms with Crippen molar-refractivity contribution in [2.24, 2.45) is 0 Å². The fourth-order valence-electron chi connectivity index (χ4n) is 1.65. The maximum atomic E-state index is 11.0. The van der Waals surface area contributed by atoms with Crippen LogP contribution in [0.3, 0.4) is 0 Å². The number of aromatic nitrogens is 1. The largest absolute Gasteiger partial charge is 0.368 e. The fraction of sp³-hybridized carbons (Fsp3) is 0.231. The molecule has 0 amide bonds. The Balaban J connectivity index is 2.31. The van der Waals surface area contributed by atoms with E-state index in [1.807, 2.05) is 30.3 Å². The van der Waals surface area contributed by atoms with Gasteiger partial charge in [-0.2, -0.15) is 5.26 Å². The molecule has 0 saturated heterocycles. The lowest BCUT2D eigenvalue weighted by Crippen LogP contribution is -2.11. The van der Waals surface area contributed by atoms with Crippen molar-refractivity contribution in [1.29, 1.82) is 5.26 Å². The van der Waals surface area contributed by atoms with Gasteiger partial charge in [-0.25, -0.2) is 4.98 Å². The van der Waals surface area contributed by atoms with E-state index in [0.29, 0.717) is 23.7 Å². The molecule has 1 heterocycles. The van der Waals surface area contributed by atoms with Crippen LogP contribution in [0.2, 0.25) is 0 Å². The van der Waals surface area contributed by atoms with Crippen LogP contribution in [-0.2, 0) is 10.8 Å². The quantitative estimate of drug-likeness (QED) is 0.910. The number of nitrogens with one attached hydrogen (secondary N) is 1. The van der Waals surface area contributed by atoms with E-state index in [-0.39, 0.29) is 0 Å². The molecule has 0 fully saturated rings. The van der Waals surface area contributed by atoms with E-state index >= 15 is 0 Å². The van der Waals surface area contributed by atoms with Gasteiger partial charge >= 0.3 is 0 Å². The molecule has 2 rings (SSSR count). The number of anilines is 1. The minimum atomic E-state index is -0.848. The first-order valence-corrected chi connectivity index (χ1v) is 7.27. The van der Waals surface area contributed by atoms with E-state index in [4.69, 9.17) is 5.26 Å². The molecule has 1 atom stereocenters. The maximum absolute atomic E-state index is 11.0. The van der Waals surface area contributed by atoms with Crippen LogP contribution in [0.15, 0.2) is 30.3 Å². The van der Waals surface area contributed by atoms with Crippen LogP contribution in [0.5, 0.6) is 0 Å². The number of fused-ring (bicyclic) bond motifs is 1. The summed E-state index contributed by atoms with van der Waals surface area (Å²) in [5.74, 6) is 1.10. The van der Waals surface area contributed by atoms with Crippen LogP contribution in [0.25, 0.3) is 10.9 Å².